The first-order chi connectivity index (χ1) is 20.1. The molecule has 3 heterocycles. The number of hydrogen-bond acceptors (Lipinski definition) is 7. The van der Waals surface area contributed by atoms with Crippen molar-refractivity contribution in [2.45, 2.75) is 44.9 Å². The van der Waals surface area contributed by atoms with Crippen LogP contribution in [0.25, 0.3) is 5.65 Å². The highest BCUT2D eigenvalue weighted by Gasteiger charge is 2.42. The number of sulfonamides is 1. The Morgan fingerprint density at radius 1 is 1.05 bits per heavy atom. The third-order valence-electron chi connectivity index (χ3n) is 8.47. The van der Waals surface area contributed by atoms with Gasteiger partial charge in [-0.15, -0.1) is 0 Å². The van der Waals surface area contributed by atoms with Crippen molar-refractivity contribution < 1.29 is 22.4 Å². The topological polar surface area (TPSA) is 126 Å². The number of rotatable bonds is 6. The van der Waals surface area contributed by atoms with Gasteiger partial charge < -0.3 is 10.2 Å². The molecule has 42 heavy (non-hydrogen) atoms. The van der Waals surface area contributed by atoms with Crippen LogP contribution in [0.3, 0.4) is 0 Å². The zero-order valence-electron chi connectivity index (χ0n) is 23.4. The van der Waals surface area contributed by atoms with Crippen LogP contribution in [-0.4, -0.2) is 58.6 Å². The number of hydrogen-bond donors (Lipinski definition) is 2. The number of benzene rings is 2. The average molecular weight is 591 g/mol. The standard InChI is InChI=1S/C30H31FN6O4S/c1-3-42(40,41)35-28(38)21-18-33-37-26(21)32-17-22(27(37)34-25-16-19(2)8-9-24(25)31)29(39)36-14-12-30(13-15-36)11-10-20-6-4-5-7-23(20)30/h4-9,16-18,34H,3,10-15H2,1-2H3,(H,35,38). The Bertz CT molecular complexity index is 1830. The zero-order chi connectivity index (χ0) is 29.6. The first-order valence-electron chi connectivity index (χ1n) is 13.9. The Morgan fingerprint density at radius 2 is 1.81 bits per heavy atom. The number of nitrogens with zero attached hydrogens (tertiary/aromatic N) is 4. The van der Waals surface area contributed by atoms with E-state index in [9.17, 15) is 22.4 Å². The summed E-state index contributed by atoms with van der Waals surface area (Å²) in [7, 11) is -3.84. The van der Waals surface area contributed by atoms with E-state index in [1.54, 1.807) is 17.0 Å². The minimum atomic E-state index is -3.84. The van der Waals surface area contributed by atoms with Crippen LogP contribution < -0.4 is 10.0 Å². The van der Waals surface area contributed by atoms with E-state index in [-0.39, 0.29) is 45.4 Å². The summed E-state index contributed by atoms with van der Waals surface area (Å²) in [5, 5.41) is 7.26. The van der Waals surface area contributed by atoms with Crippen molar-refractivity contribution in [1.29, 1.82) is 0 Å². The molecule has 1 aliphatic heterocycles. The van der Waals surface area contributed by atoms with E-state index in [0.29, 0.717) is 13.1 Å². The minimum absolute atomic E-state index is 0.0195. The van der Waals surface area contributed by atoms with Crippen molar-refractivity contribution >= 4 is 39.0 Å². The molecule has 0 atom stereocenters. The van der Waals surface area contributed by atoms with Gasteiger partial charge in [-0.25, -0.2) is 22.5 Å². The predicted molar refractivity (Wildman–Crippen MR) is 156 cm³/mol. The fourth-order valence-corrected chi connectivity index (χ4v) is 6.63. The number of carbonyl (C=O) groups is 2. The van der Waals surface area contributed by atoms with Crippen LogP contribution in [0.2, 0.25) is 0 Å². The van der Waals surface area contributed by atoms with E-state index in [1.807, 2.05) is 11.6 Å². The third-order valence-corrected chi connectivity index (χ3v) is 9.73. The first-order valence-corrected chi connectivity index (χ1v) is 15.6. The van der Waals surface area contributed by atoms with Gasteiger partial charge in [-0.05, 0) is 73.8 Å². The van der Waals surface area contributed by atoms with Crippen LogP contribution in [0.15, 0.2) is 54.9 Å². The van der Waals surface area contributed by atoms with Crippen molar-refractivity contribution in [3.63, 3.8) is 0 Å². The van der Waals surface area contributed by atoms with Gasteiger partial charge in [0, 0.05) is 19.3 Å². The molecule has 2 aromatic carbocycles. The molecule has 0 bridgehead atoms. The fraction of sp³-hybridized carbons (Fsp3) is 0.333. The van der Waals surface area contributed by atoms with Crippen molar-refractivity contribution in [3.05, 3.63) is 88.5 Å². The predicted octanol–water partition coefficient (Wildman–Crippen LogP) is 4.12. The van der Waals surface area contributed by atoms with E-state index in [1.165, 1.54) is 41.0 Å². The van der Waals surface area contributed by atoms with Gasteiger partial charge in [0.1, 0.15) is 22.8 Å². The van der Waals surface area contributed by atoms with E-state index in [4.69, 9.17) is 0 Å². The molecule has 0 radical (unpaired) electrons. The highest BCUT2D eigenvalue weighted by atomic mass is 32.2. The second-order valence-corrected chi connectivity index (χ2v) is 13.0. The number of carbonyl (C=O) groups excluding carboxylic acids is 2. The highest BCUT2D eigenvalue weighted by Crippen LogP contribution is 2.46. The van der Waals surface area contributed by atoms with E-state index in [0.717, 1.165) is 31.2 Å². The van der Waals surface area contributed by atoms with Gasteiger partial charge in [0.25, 0.3) is 11.8 Å². The third kappa shape index (κ3) is 4.89. The molecule has 2 N–H and O–H groups in total. The molecule has 0 saturated carbocycles. The smallest absolute Gasteiger partial charge is 0.270 e. The van der Waals surface area contributed by atoms with Crippen LogP contribution in [0.4, 0.5) is 15.9 Å². The molecule has 12 heteroatoms. The lowest BCUT2D eigenvalue weighted by Crippen LogP contribution is -2.44. The largest absolute Gasteiger partial charge is 0.338 e. The summed E-state index contributed by atoms with van der Waals surface area (Å²) in [6.45, 7) is 4.32. The average Bonchev–Trinajstić information content (AvgIpc) is 3.58. The van der Waals surface area contributed by atoms with Crippen LogP contribution >= 0.6 is 0 Å². The maximum atomic E-state index is 14.9. The van der Waals surface area contributed by atoms with Gasteiger partial charge in [-0.3, -0.25) is 9.59 Å². The molecule has 10 nitrogen and oxygen atoms in total. The Kier molecular flexibility index (Phi) is 6.96. The molecule has 2 aromatic heterocycles. The summed E-state index contributed by atoms with van der Waals surface area (Å²) in [6.07, 6.45) is 6.27. The molecule has 2 amide bonds. The molecule has 218 valence electrons. The minimum Gasteiger partial charge on any atom is -0.338 e. The van der Waals surface area contributed by atoms with Crippen molar-refractivity contribution in [2.75, 3.05) is 24.2 Å². The molecule has 1 aliphatic carbocycles. The van der Waals surface area contributed by atoms with Crippen LogP contribution in [0.5, 0.6) is 0 Å². The molecular weight excluding hydrogens is 559 g/mol. The number of piperidine rings is 1. The van der Waals surface area contributed by atoms with Gasteiger partial charge in [0.05, 0.1) is 17.6 Å². The van der Waals surface area contributed by atoms with E-state index >= 15 is 0 Å². The quantitative estimate of drug-likeness (QED) is 0.346. The summed E-state index contributed by atoms with van der Waals surface area (Å²) in [5.74, 6) is -1.90. The maximum Gasteiger partial charge on any atom is 0.270 e. The summed E-state index contributed by atoms with van der Waals surface area (Å²) >= 11 is 0. The number of amides is 2. The number of aryl methyl sites for hydroxylation is 2. The Hall–Kier alpha value is -4.32. The Labute approximate surface area is 243 Å². The lowest BCUT2D eigenvalue weighted by atomic mass is 9.74. The number of halogens is 1. The van der Waals surface area contributed by atoms with E-state index < -0.39 is 21.7 Å². The molecule has 2 aliphatic rings. The van der Waals surface area contributed by atoms with Gasteiger partial charge in [0.15, 0.2) is 5.65 Å². The molecule has 1 saturated heterocycles. The zero-order valence-corrected chi connectivity index (χ0v) is 24.2. The monoisotopic (exact) mass is 590 g/mol. The fourth-order valence-electron chi connectivity index (χ4n) is 6.09. The number of aromatic nitrogens is 3. The van der Waals surface area contributed by atoms with Crippen molar-refractivity contribution in [1.82, 2.24) is 24.2 Å². The summed E-state index contributed by atoms with van der Waals surface area (Å²) in [6, 6.07) is 13.1. The van der Waals surface area contributed by atoms with Crippen molar-refractivity contribution in [2.24, 2.45) is 0 Å². The maximum absolute atomic E-state index is 14.9. The Morgan fingerprint density at radius 3 is 2.57 bits per heavy atom. The molecule has 1 spiro atoms. The van der Waals surface area contributed by atoms with Crippen LogP contribution in [-0.2, 0) is 21.9 Å². The molecular formula is C30H31FN6O4S. The summed E-state index contributed by atoms with van der Waals surface area (Å²) in [5.41, 5.74) is 3.80. The second kappa shape index (κ2) is 10.5. The van der Waals surface area contributed by atoms with Gasteiger partial charge in [-0.1, -0.05) is 30.3 Å². The lowest BCUT2D eigenvalue weighted by molar-refractivity contribution is 0.0666. The summed E-state index contributed by atoms with van der Waals surface area (Å²) in [4.78, 5) is 32.9. The number of nitrogens with one attached hydrogen (secondary N) is 2. The summed E-state index contributed by atoms with van der Waals surface area (Å²) < 4.78 is 42.1. The molecule has 6 rings (SSSR count). The lowest BCUT2D eigenvalue weighted by Gasteiger charge is -2.40. The van der Waals surface area contributed by atoms with Gasteiger partial charge in [-0.2, -0.15) is 9.61 Å². The van der Waals surface area contributed by atoms with E-state index in [2.05, 4.69) is 39.7 Å². The molecule has 0 unspecified atom stereocenters. The Balaban J connectivity index is 1.35. The number of fused-ring (bicyclic) bond motifs is 3. The number of likely N-dealkylation sites (tertiary alicyclic amines) is 1. The second-order valence-electron chi connectivity index (χ2n) is 11.0. The number of anilines is 2. The SMILES string of the molecule is CCS(=O)(=O)NC(=O)c1cnn2c(Nc3cc(C)ccc3F)c(C(=O)N3CCC4(CCc5ccccc54)CC3)cnc12. The van der Waals surface area contributed by atoms with Crippen LogP contribution in [0, 0.1) is 12.7 Å². The molecule has 1 fully saturated rings. The van der Waals surface area contributed by atoms with Gasteiger partial charge in [0.2, 0.25) is 10.0 Å². The highest BCUT2D eigenvalue weighted by molar-refractivity contribution is 7.90. The van der Waals surface area contributed by atoms with Gasteiger partial charge >= 0.3 is 0 Å². The van der Waals surface area contributed by atoms with Crippen molar-refractivity contribution in [3.8, 4) is 0 Å². The van der Waals surface area contributed by atoms with Crippen LogP contribution in [0.1, 0.15) is 63.6 Å². The normalized spacial score (nSPS) is 16.0. The molecule has 4 aromatic rings. The first kappa shape index (κ1) is 27.8.